The zero-order valence-electron chi connectivity index (χ0n) is 15.0. The molecule has 1 heterocycles. The Kier molecular flexibility index (Phi) is 4.93. The highest BCUT2D eigenvalue weighted by Crippen LogP contribution is 2.31. The van der Waals surface area contributed by atoms with Gasteiger partial charge in [0, 0.05) is 18.7 Å². The van der Waals surface area contributed by atoms with E-state index in [0.29, 0.717) is 30.1 Å². The lowest BCUT2D eigenvalue weighted by atomic mass is 10.1. The van der Waals surface area contributed by atoms with E-state index >= 15 is 0 Å². The maximum Gasteiger partial charge on any atom is 0.254 e. The van der Waals surface area contributed by atoms with Crippen LogP contribution >= 0.6 is 0 Å². The summed E-state index contributed by atoms with van der Waals surface area (Å²) in [6.07, 6.45) is 0. The van der Waals surface area contributed by atoms with Gasteiger partial charge in [-0.05, 0) is 55.8 Å². The number of methoxy groups -OCH3 is 1. The first-order valence-electron chi connectivity index (χ1n) is 8.45. The van der Waals surface area contributed by atoms with Crippen LogP contribution in [-0.4, -0.2) is 43.0 Å². The van der Waals surface area contributed by atoms with Gasteiger partial charge >= 0.3 is 0 Å². The predicted octanol–water partition coefficient (Wildman–Crippen LogP) is 3.02. The molecule has 136 valence electrons. The number of carbonyl (C=O) groups is 2. The largest absolute Gasteiger partial charge is 0.495 e. The minimum absolute atomic E-state index is 0.171. The van der Waals surface area contributed by atoms with Gasteiger partial charge in [0.2, 0.25) is 5.91 Å². The average molecular weight is 356 g/mol. The molecule has 0 aromatic heterocycles. The van der Waals surface area contributed by atoms with E-state index < -0.39 is 11.9 Å². The van der Waals surface area contributed by atoms with Gasteiger partial charge in [0.05, 0.1) is 12.8 Å². The van der Waals surface area contributed by atoms with Crippen LogP contribution in [0.15, 0.2) is 42.5 Å². The van der Waals surface area contributed by atoms with E-state index in [0.717, 1.165) is 5.56 Å². The molecule has 0 N–H and O–H groups in total. The number of amides is 2. The van der Waals surface area contributed by atoms with Crippen molar-refractivity contribution in [1.82, 2.24) is 4.90 Å². The van der Waals surface area contributed by atoms with Crippen LogP contribution in [0.4, 0.5) is 10.1 Å². The third-order valence-corrected chi connectivity index (χ3v) is 4.63. The lowest BCUT2D eigenvalue weighted by molar-refractivity contribution is -0.124. The van der Waals surface area contributed by atoms with Crippen molar-refractivity contribution in [3.05, 3.63) is 59.4 Å². The second kappa shape index (κ2) is 7.15. The third-order valence-electron chi connectivity index (χ3n) is 4.63. The van der Waals surface area contributed by atoms with E-state index in [1.165, 1.54) is 29.2 Å². The molecule has 1 fully saturated rings. The van der Waals surface area contributed by atoms with Crippen LogP contribution in [0.25, 0.3) is 0 Å². The number of hydrogen-bond acceptors (Lipinski definition) is 3. The number of halogens is 1. The Labute approximate surface area is 152 Å². The highest BCUT2D eigenvalue weighted by Gasteiger charge is 2.36. The highest BCUT2D eigenvalue weighted by atomic mass is 19.1. The summed E-state index contributed by atoms with van der Waals surface area (Å²) in [4.78, 5) is 28.8. The number of aryl methyl sites for hydroxylation is 1. The van der Waals surface area contributed by atoms with Gasteiger partial charge in [-0.2, -0.15) is 0 Å². The van der Waals surface area contributed by atoms with E-state index in [-0.39, 0.29) is 11.8 Å². The Morgan fingerprint density at radius 2 is 1.85 bits per heavy atom. The Bertz CT molecular complexity index is 835. The first-order chi connectivity index (χ1) is 12.4. The van der Waals surface area contributed by atoms with Gasteiger partial charge in [-0.1, -0.05) is 6.07 Å². The topological polar surface area (TPSA) is 49.9 Å². The van der Waals surface area contributed by atoms with E-state index in [1.54, 1.807) is 18.9 Å². The highest BCUT2D eigenvalue weighted by molar-refractivity contribution is 6.04. The van der Waals surface area contributed by atoms with Crippen molar-refractivity contribution < 1.29 is 18.7 Å². The van der Waals surface area contributed by atoms with E-state index in [9.17, 15) is 14.0 Å². The molecule has 5 nitrogen and oxygen atoms in total. The number of anilines is 1. The monoisotopic (exact) mass is 356 g/mol. The maximum atomic E-state index is 13.1. The molecule has 1 aliphatic heterocycles. The Balaban J connectivity index is 1.84. The van der Waals surface area contributed by atoms with Crippen molar-refractivity contribution >= 4 is 17.5 Å². The lowest BCUT2D eigenvalue weighted by Gasteiger charge is -2.39. The number of benzene rings is 2. The van der Waals surface area contributed by atoms with Crippen molar-refractivity contribution in [3.63, 3.8) is 0 Å². The van der Waals surface area contributed by atoms with Crippen LogP contribution in [0.5, 0.6) is 5.75 Å². The van der Waals surface area contributed by atoms with Gasteiger partial charge in [-0.15, -0.1) is 0 Å². The number of carbonyl (C=O) groups excluding carboxylic acids is 2. The van der Waals surface area contributed by atoms with Crippen LogP contribution in [-0.2, 0) is 4.79 Å². The SMILES string of the molecule is COc1ccc(C)cc1N1CCN(C(=O)c2ccc(F)cc2)[C@H](C)C1=O. The molecule has 2 aromatic carbocycles. The van der Waals surface area contributed by atoms with Crippen molar-refractivity contribution in [2.75, 3.05) is 25.1 Å². The molecule has 0 unspecified atom stereocenters. The lowest BCUT2D eigenvalue weighted by Crippen LogP contribution is -2.57. The van der Waals surface area contributed by atoms with Crippen LogP contribution in [0, 0.1) is 12.7 Å². The van der Waals surface area contributed by atoms with Crippen molar-refractivity contribution in [2.24, 2.45) is 0 Å². The van der Waals surface area contributed by atoms with Gasteiger partial charge in [0.25, 0.3) is 5.91 Å². The first kappa shape index (κ1) is 17.9. The molecule has 0 saturated carbocycles. The van der Waals surface area contributed by atoms with Crippen molar-refractivity contribution in [3.8, 4) is 5.75 Å². The minimum atomic E-state index is -0.619. The van der Waals surface area contributed by atoms with Crippen LogP contribution in [0.2, 0.25) is 0 Å². The fourth-order valence-electron chi connectivity index (χ4n) is 3.16. The van der Waals surface area contributed by atoms with Gasteiger partial charge in [0.1, 0.15) is 17.6 Å². The fraction of sp³-hybridized carbons (Fsp3) is 0.300. The van der Waals surface area contributed by atoms with E-state index in [1.807, 2.05) is 25.1 Å². The minimum Gasteiger partial charge on any atom is -0.495 e. The van der Waals surface area contributed by atoms with Gasteiger partial charge in [-0.3, -0.25) is 9.59 Å². The molecule has 2 aromatic rings. The molecule has 3 rings (SSSR count). The summed E-state index contributed by atoms with van der Waals surface area (Å²) in [6.45, 7) is 4.42. The van der Waals surface area contributed by atoms with Gasteiger partial charge in [0.15, 0.2) is 0 Å². The quantitative estimate of drug-likeness (QED) is 0.849. The third kappa shape index (κ3) is 3.27. The van der Waals surface area contributed by atoms with Crippen molar-refractivity contribution in [2.45, 2.75) is 19.9 Å². The zero-order valence-corrected chi connectivity index (χ0v) is 15.0. The molecular formula is C20H21FN2O3. The maximum absolute atomic E-state index is 13.1. The summed E-state index contributed by atoms with van der Waals surface area (Å²) in [5.41, 5.74) is 2.09. The fourth-order valence-corrected chi connectivity index (χ4v) is 3.16. The number of hydrogen-bond donors (Lipinski definition) is 0. The summed E-state index contributed by atoms with van der Waals surface area (Å²) < 4.78 is 18.5. The number of ether oxygens (including phenoxy) is 1. The first-order valence-corrected chi connectivity index (χ1v) is 8.45. The van der Waals surface area contributed by atoms with Crippen LogP contribution < -0.4 is 9.64 Å². The summed E-state index contributed by atoms with van der Waals surface area (Å²) >= 11 is 0. The molecule has 1 atom stereocenters. The summed E-state index contributed by atoms with van der Waals surface area (Å²) in [5, 5.41) is 0. The summed E-state index contributed by atoms with van der Waals surface area (Å²) in [6, 6.07) is 10.4. The molecule has 1 saturated heterocycles. The normalized spacial score (nSPS) is 17.4. The molecule has 0 aliphatic carbocycles. The second-order valence-electron chi connectivity index (χ2n) is 6.35. The van der Waals surface area contributed by atoms with Crippen LogP contribution in [0.1, 0.15) is 22.8 Å². The molecule has 0 bridgehead atoms. The second-order valence-corrected chi connectivity index (χ2v) is 6.35. The Morgan fingerprint density at radius 1 is 1.15 bits per heavy atom. The summed E-state index contributed by atoms with van der Waals surface area (Å²) in [5.74, 6) is -0.228. The molecule has 0 spiro atoms. The zero-order chi connectivity index (χ0) is 18.8. The predicted molar refractivity (Wildman–Crippen MR) is 97.0 cm³/mol. The number of rotatable bonds is 3. The molecule has 2 amide bonds. The van der Waals surface area contributed by atoms with Crippen LogP contribution in [0.3, 0.4) is 0 Å². The Hall–Kier alpha value is -2.89. The molecule has 6 heteroatoms. The average Bonchev–Trinajstić information content (AvgIpc) is 2.64. The van der Waals surface area contributed by atoms with E-state index in [4.69, 9.17) is 4.74 Å². The number of nitrogens with zero attached hydrogens (tertiary/aromatic N) is 2. The Morgan fingerprint density at radius 3 is 2.50 bits per heavy atom. The van der Waals surface area contributed by atoms with Gasteiger partial charge in [-0.25, -0.2) is 4.39 Å². The van der Waals surface area contributed by atoms with E-state index in [2.05, 4.69) is 0 Å². The smallest absolute Gasteiger partial charge is 0.254 e. The number of piperazine rings is 1. The molecule has 26 heavy (non-hydrogen) atoms. The standard InChI is InChI=1S/C20H21FN2O3/c1-13-4-9-18(26-3)17(12-13)23-11-10-22(14(2)19(23)24)20(25)15-5-7-16(21)8-6-15/h4-9,12,14H,10-11H2,1-3H3/t14-/m1/s1. The van der Waals surface area contributed by atoms with Gasteiger partial charge < -0.3 is 14.5 Å². The van der Waals surface area contributed by atoms with Crippen molar-refractivity contribution in [1.29, 1.82) is 0 Å². The molecule has 0 radical (unpaired) electrons. The molecular weight excluding hydrogens is 335 g/mol. The molecule has 1 aliphatic rings. The summed E-state index contributed by atoms with van der Waals surface area (Å²) in [7, 11) is 1.57.